The summed E-state index contributed by atoms with van der Waals surface area (Å²) in [4.78, 5) is 14.5. The van der Waals surface area contributed by atoms with Crippen molar-refractivity contribution in [1.29, 1.82) is 0 Å². The number of amides is 2. The molecule has 2 N–H and O–H groups in total. The number of benzene rings is 2. The lowest BCUT2D eigenvalue weighted by Crippen LogP contribution is -2.34. The van der Waals surface area contributed by atoms with Crippen LogP contribution >= 0.6 is 0 Å². The summed E-state index contributed by atoms with van der Waals surface area (Å²) >= 11 is 0. The molecule has 1 heterocycles. The third-order valence-corrected chi connectivity index (χ3v) is 4.91. The van der Waals surface area contributed by atoms with Gasteiger partial charge in [-0.15, -0.1) is 0 Å². The third kappa shape index (κ3) is 4.83. The van der Waals surface area contributed by atoms with E-state index in [1.807, 2.05) is 18.2 Å². The summed E-state index contributed by atoms with van der Waals surface area (Å²) in [6.07, 6.45) is 2.08. The summed E-state index contributed by atoms with van der Waals surface area (Å²) in [7, 11) is 0. The van der Waals surface area contributed by atoms with Gasteiger partial charge < -0.3 is 10.6 Å². The van der Waals surface area contributed by atoms with E-state index < -0.39 is 0 Å². The van der Waals surface area contributed by atoms with Crippen molar-refractivity contribution in [3.05, 3.63) is 64.7 Å². The number of rotatable bonds is 5. The van der Waals surface area contributed by atoms with Gasteiger partial charge in [0.1, 0.15) is 0 Å². The monoisotopic (exact) mass is 337 g/mol. The van der Waals surface area contributed by atoms with E-state index >= 15 is 0 Å². The minimum atomic E-state index is -0.132. The highest BCUT2D eigenvalue weighted by Crippen LogP contribution is 2.18. The number of fused-ring (bicyclic) bond motifs is 1. The summed E-state index contributed by atoms with van der Waals surface area (Å²) in [5, 5.41) is 5.85. The lowest BCUT2D eigenvalue weighted by atomic mass is 10.00. The number of carbonyl (C=O) groups is 1. The number of anilines is 1. The maximum absolute atomic E-state index is 12.0. The highest BCUT2D eigenvalue weighted by atomic mass is 16.2. The molecule has 4 heteroatoms. The Labute approximate surface area is 150 Å². The van der Waals surface area contributed by atoms with Crippen LogP contribution in [0.25, 0.3) is 0 Å². The van der Waals surface area contributed by atoms with Gasteiger partial charge in [-0.3, -0.25) is 4.90 Å². The van der Waals surface area contributed by atoms with Crippen molar-refractivity contribution < 1.29 is 4.79 Å². The van der Waals surface area contributed by atoms with Crippen molar-refractivity contribution in [3.8, 4) is 0 Å². The smallest absolute Gasteiger partial charge is 0.319 e. The lowest BCUT2D eigenvalue weighted by Gasteiger charge is -2.28. The molecule has 0 bridgehead atoms. The SMILES string of the molecule is Cc1ccc(NC(=O)NCCCN2CCc3ccccc3C2)cc1C. The van der Waals surface area contributed by atoms with Crippen LogP contribution in [0, 0.1) is 13.8 Å². The van der Waals surface area contributed by atoms with Crippen LogP contribution in [-0.4, -0.2) is 30.6 Å². The van der Waals surface area contributed by atoms with E-state index in [0.717, 1.165) is 38.2 Å². The van der Waals surface area contributed by atoms with Gasteiger partial charge in [-0.05, 0) is 61.1 Å². The number of urea groups is 1. The topological polar surface area (TPSA) is 44.4 Å². The van der Waals surface area contributed by atoms with Crippen LogP contribution in [0.15, 0.2) is 42.5 Å². The van der Waals surface area contributed by atoms with Gasteiger partial charge in [0, 0.05) is 31.9 Å². The Morgan fingerprint density at radius 1 is 1.08 bits per heavy atom. The summed E-state index contributed by atoms with van der Waals surface area (Å²) in [5.41, 5.74) is 6.17. The molecule has 1 aliphatic heterocycles. The van der Waals surface area contributed by atoms with Crippen LogP contribution < -0.4 is 10.6 Å². The van der Waals surface area contributed by atoms with E-state index in [0.29, 0.717) is 6.54 Å². The van der Waals surface area contributed by atoms with E-state index in [1.165, 1.54) is 22.3 Å². The van der Waals surface area contributed by atoms with Gasteiger partial charge in [-0.1, -0.05) is 30.3 Å². The second-order valence-electron chi connectivity index (χ2n) is 6.83. The molecule has 0 fully saturated rings. The summed E-state index contributed by atoms with van der Waals surface area (Å²) in [6.45, 7) is 7.94. The van der Waals surface area contributed by atoms with Gasteiger partial charge in [0.2, 0.25) is 0 Å². The maximum atomic E-state index is 12.0. The van der Waals surface area contributed by atoms with Crippen LogP contribution in [0.4, 0.5) is 10.5 Å². The molecule has 0 aliphatic carbocycles. The normalized spacial score (nSPS) is 14.0. The molecular weight excluding hydrogens is 310 g/mol. The Morgan fingerprint density at radius 3 is 2.68 bits per heavy atom. The van der Waals surface area contributed by atoms with Gasteiger partial charge in [0.25, 0.3) is 0 Å². The number of hydrogen-bond acceptors (Lipinski definition) is 2. The van der Waals surface area contributed by atoms with Crippen molar-refractivity contribution in [1.82, 2.24) is 10.2 Å². The second kappa shape index (κ2) is 8.17. The predicted molar refractivity (Wildman–Crippen MR) is 103 cm³/mol. The molecule has 2 aromatic carbocycles. The number of carbonyl (C=O) groups excluding carboxylic acids is 1. The first kappa shape index (κ1) is 17.5. The Morgan fingerprint density at radius 2 is 1.88 bits per heavy atom. The lowest BCUT2D eigenvalue weighted by molar-refractivity contribution is 0.242. The van der Waals surface area contributed by atoms with E-state index in [1.54, 1.807) is 0 Å². The number of nitrogens with one attached hydrogen (secondary N) is 2. The van der Waals surface area contributed by atoms with Crippen molar-refractivity contribution >= 4 is 11.7 Å². The molecule has 132 valence electrons. The minimum absolute atomic E-state index is 0.132. The second-order valence-corrected chi connectivity index (χ2v) is 6.83. The van der Waals surface area contributed by atoms with Gasteiger partial charge in [0.15, 0.2) is 0 Å². The molecule has 0 unspecified atom stereocenters. The fourth-order valence-corrected chi connectivity index (χ4v) is 3.24. The maximum Gasteiger partial charge on any atom is 0.319 e. The van der Waals surface area contributed by atoms with Gasteiger partial charge in [0.05, 0.1) is 0 Å². The van der Waals surface area contributed by atoms with Crippen LogP contribution in [0.3, 0.4) is 0 Å². The van der Waals surface area contributed by atoms with Crippen LogP contribution in [0.1, 0.15) is 28.7 Å². The first-order valence-corrected chi connectivity index (χ1v) is 9.03. The van der Waals surface area contributed by atoms with Crippen molar-refractivity contribution in [3.63, 3.8) is 0 Å². The quantitative estimate of drug-likeness (QED) is 0.814. The zero-order valence-electron chi connectivity index (χ0n) is 15.1. The van der Waals surface area contributed by atoms with Crippen molar-refractivity contribution in [2.24, 2.45) is 0 Å². The average molecular weight is 337 g/mol. The van der Waals surface area contributed by atoms with Crippen LogP contribution in [-0.2, 0) is 13.0 Å². The average Bonchev–Trinajstić information content (AvgIpc) is 2.62. The minimum Gasteiger partial charge on any atom is -0.338 e. The Balaban J connectivity index is 1.37. The number of nitrogens with zero attached hydrogens (tertiary/aromatic N) is 1. The number of hydrogen-bond donors (Lipinski definition) is 2. The summed E-state index contributed by atoms with van der Waals surface area (Å²) in [6, 6.07) is 14.5. The van der Waals surface area contributed by atoms with E-state index in [-0.39, 0.29) is 6.03 Å². The van der Waals surface area contributed by atoms with Gasteiger partial charge >= 0.3 is 6.03 Å². The van der Waals surface area contributed by atoms with E-state index in [4.69, 9.17) is 0 Å². The Bertz CT molecular complexity index is 742. The first-order valence-electron chi connectivity index (χ1n) is 9.03. The molecule has 0 spiro atoms. The molecule has 2 amide bonds. The number of aryl methyl sites for hydroxylation is 2. The Kier molecular flexibility index (Phi) is 5.71. The van der Waals surface area contributed by atoms with Crippen LogP contribution in [0.5, 0.6) is 0 Å². The first-order chi connectivity index (χ1) is 12.1. The third-order valence-electron chi connectivity index (χ3n) is 4.91. The molecule has 2 aromatic rings. The molecule has 0 saturated heterocycles. The fourth-order valence-electron chi connectivity index (χ4n) is 3.24. The highest BCUT2D eigenvalue weighted by molar-refractivity contribution is 5.89. The largest absolute Gasteiger partial charge is 0.338 e. The highest BCUT2D eigenvalue weighted by Gasteiger charge is 2.14. The summed E-state index contributed by atoms with van der Waals surface area (Å²) < 4.78 is 0. The molecule has 0 atom stereocenters. The fraction of sp³-hybridized carbons (Fsp3) is 0.381. The molecule has 25 heavy (non-hydrogen) atoms. The molecule has 4 nitrogen and oxygen atoms in total. The van der Waals surface area contributed by atoms with E-state index in [9.17, 15) is 4.79 Å². The molecule has 3 rings (SSSR count). The molecule has 0 radical (unpaired) electrons. The Hall–Kier alpha value is -2.33. The summed E-state index contributed by atoms with van der Waals surface area (Å²) in [5.74, 6) is 0. The zero-order chi connectivity index (χ0) is 17.6. The molecule has 0 aromatic heterocycles. The van der Waals surface area contributed by atoms with Crippen molar-refractivity contribution in [2.45, 2.75) is 33.2 Å². The van der Waals surface area contributed by atoms with Crippen molar-refractivity contribution in [2.75, 3.05) is 25.0 Å². The van der Waals surface area contributed by atoms with Gasteiger partial charge in [-0.2, -0.15) is 0 Å². The van der Waals surface area contributed by atoms with Gasteiger partial charge in [-0.25, -0.2) is 4.79 Å². The zero-order valence-corrected chi connectivity index (χ0v) is 15.1. The van der Waals surface area contributed by atoms with Crippen LogP contribution in [0.2, 0.25) is 0 Å². The standard InChI is InChI=1S/C21H27N3O/c1-16-8-9-20(14-17(16)2)23-21(25)22-11-5-12-24-13-10-18-6-3-4-7-19(18)15-24/h3-4,6-9,14H,5,10-13,15H2,1-2H3,(H2,22,23,25). The molecular formula is C21H27N3O. The molecule has 1 aliphatic rings. The van der Waals surface area contributed by atoms with E-state index in [2.05, 4.69) is 53.6 Å². The molecule has 0 saturated carbocycles. The predicted octanol–water partition coefficient (Wildman–Crippen LogP) is 3.87.